The van der Waals surface area contributed by atoms with E-state index in [0.717, 1.165) is 16.7 Å². The molecule has 1 unspecified atom stereocenters. The summed E-state index contributed by atoms with van der Waals surface area (Å²) in [5.41, 5.74) is 7.82. The molecule has 3 aromatic rings. The first-order valence-corrected chi connectivity index (χ1v) is 11.5. The number of rotatable bonds is 8. The molecule has 0 radical (unpaired) electrons. The first-order valence-electron chi connectivity index (χ1n) is 11.5. The van der Waals surface area contributed by atoms with Gasteiger partial charge in [-0.2, -0.15) is 0 Å². The second-order valence-electron chi connectivity index (χ2n) is 9.36. The highest BCUT2D eigenvalue weighted by Gasteiger charge is 2.66. The van der Waals surface area contributed by atoms with Crippen LogP contribution in [0.4, 0.5) is 0 Å². The Hall–Kier alpha value is -3.64. The maximum Gasteiger partial charge on any atom is 0.324 e. The van der Waals surface area contributed by atoms with Crippen molar-refractivity contribution in [3.63, 3.8) is 0 Å². The molecule has 0 aromatic heterocycles. The van der Waals surface area contributed by atoms with Crippen LogP contribution in [-0.4, -0.2) is 27.7 Å². The van der Waals surface area contributed by atoms with Crippen molar-refractivity contribution < 1.29 is 24.5 Å². The number of ether oxygens (including phenoxy) is 1. The van der Waals surface area contributed by atoms with Gasteiger partial charge in [-0.3, -0.25) is 9.59 Å². The molecule has 1 heterocycles. The lowest BCUT2D eigenvalue weighted by Gasteiger charge is -2.34. The lowest BCUT2D eigenvalue weighted by molar-refractivity contribution is -0.145. The van der Waals surface area contributed by atoms with Crippen LogP contribution in [0.15, 0.2) is 78.9 Å². The molecule has 6 heteroatoms. The summed E-state index contributed by atoms with van der Waals surface area (Å²) < 4.78 is 6.04. The van der Waals surface area contributed by atoms with Gasteiger partial charge < -0.3 is 20.7 Å². The van der Waals surface area contributed by atoms with E-state index in [1.165, 1.54) is 0 Å². The number of aliphatic carboxylic acids is 2. The summed E-state index contributed by atoms with van der Waals surface area (Å²) in [6, 6.07) is 24.9. The number of hydrogen-bond donors (Lipinski definition) is 3. The molecule has 174 valence electrons. The van der Waals surface area contributed by atoms with Crippen LogP contribution in [0.3, 0.4) is 0 Å². The minimum atomic E-state index is -1.69. The standard InChI is InChI=1S/C28H27NO5/c29-28(27(32)33,25-20(24(25)26(30)31)15-14-17-8-2-1-3-9-17)16-21-18-10-4-6-12-22(18)34-23-13-7-5-11-19(21)23/h1-13,20-21,24-25H,14-16,29H2,(H,30,31)(H,32,33)/t20-,24+,25?,28+/m1/s1. The zero-order valence-corrected chi connectivity index (χ0v) is 18.6. The van der Waals surface area contributed by atoms with E-state index in [9.17, 15) is 19.8 Å². The summed E-state index contributed by atoms with van der Waals surface area (Å²) in [5.74, 6) is -2.81. The third kappa shape index (κ3) is 3.84. The van der Waals surface area contributed by atoms with Crippen LogP contribution in [0.2, 0.25) is 0 Å². The maximum absolute atomic E-state index is 12.6. The molecule has 0 spiro atoms. The van der Waals surface area contributed by atoms with E-state index >= 15 is 0 Å². The zero-order valence-electron chi connectivity index (χ0n) is 18.6. The summed E-state index contributed by atoms with van der Waals surface area (Å²) in [7, 11) is 0. The van der Waals surface area contributed by atoms with E-state index in [-0.39, 0.29) is 18.3 Å². The summed E-state index contributed by atoms with van der Waals surface area (Å²) in [4.78, 5) is 24.7. The Morgan fingerprint density at radius 3 is 1.97 bits per heavy atom. The molecule has 34 heavy (non-hydrogen) atoms. The fraction of sp³-hybridized carbons (Fsp3) is 0.286. The van der Waals surface area contributed by atoms with E-state index < -0.39 is 29.3 Å². The van der Waals surface area contributed by atoms with Crippen molar-refractivity contribution in [2.24, 2.45) is 23.5 Å². The summed E-state index contributed by atoms with van der Waals surface area (Å²) in [6.45, 7) is 0. The number of nitrogens with two attached hydrogens (primary N) is 1. The number of benzene rings is 3. The number of carboxylic acids is 2. The number of carboxylic acid groups (broad SMARTS) is 2. The molecule has 0 amide bonds. The van der Waals surface area contributed by atoms with Crippen molar-refractivity contribution in [2.45, 2.75) is 30.7 Å². The van der Waals surface area contributed by atoms with E-state index in [1.807, 2.05) is 78.9 Å². The second kappa shape index (κ2) is 8.61. The van der Waals surface area contributed by atoms with Crippen LogP contribution in [-0.2, 0) is 16.0 Å². The van der Waals surface area contributed by atoms with Crippen molar-refractivity contribution in [2.75, 3.05) is 0 Å². The van der Waals surface area contributed by atoms with Crippen LogP contribution >= 0.6 is 0 Å². The Bertz CT molecular complexity index is 1180. The maximum atomic E-state index is 12.6. The fourth-order valence-electron chi connectivity index (χ4n) is 5.68. The number of aryl methyl sites for hydroxylation is 1. The molecular weight excluding hydrogens is 430 g/mol. The van der Waals surface area contributed by atoms with E-state index in [0.29, 0.717) is 24.3 Å². The Morgan fingerprint density at radius 1 is 0.853 bits per heavy atom. The van der Waals surface area contributed by atoms with Gasteiger partial charge in [0.1, 0.15) is 17.0 Å². The molecule has 1 fully saturated rings. The fourth-order valence-corrected chi connectivity index (χ4v) is 5.68. The van der Waals surface area contributed by atoms with Crippen LogP contribution in [0, 0.1) is 17.8 Å². The van der Waals surface area contributed by atoms with Gasteiger partial charge in [0.15, 0.2) is 0 Å². The number of carbonyl (C=O) groups is 2. The average molecular weight is 458 g/mol. The van der Waals surface area contributed by atoms with Gasteiger partial charge in [-0.05, 0) is 42.9 Å². The van der Waals surface area contributed by atoms with Gasteiger partial charge in [0.05, 0.1) is 5.92 Å². The van der Waals surface area contributed by atoms with Crippen molar-refractivity contribution in [3.05, 3.63) is 95.6 Å². The van der Waals surface area contributed by atoms with Gasteiger partial charge in [-0.15, -0.1) is 0 Å². The topological polar surface area (TPSA) is 110 Å². The Balaban J connectivity index is 1.47. The van der Waals surface area contributed by atoms with Crippen LogP contribution < -0.4 is 10.5 Å². The third-order valence-corrected chi connectivity index (χ3v) is 7.41. The Morgan fingerprint density at radius 2 is 1.41 bits per heavy atom. The summed E-state index contributed by atoms with van der Waals surface area (Å²) in [6.07, 6.45) is 1.36. The average Bonchev–Trinajstić information content (AvgIpc) is 3.58. The predicted octanol–water partition coefficient (Wildman–Crippen LogP) is 4.68. The predicted molar refractivity (Wildman–Crippen MR) is 127 cm³/mol. The van der Waals surface area contributed by atoms with Crippen molar-refractivity contribution in [1.29, 1.82) is 0 Å². The molecule has 0 bridgehead atoms. The largest absolute Gasteiger partial charge is 0.481 e. The molecule has 1 saturated carbocycles. The minimum Gasteiger partial charge on any atom is -0.481 e. The molecule has 1 aliphatic heterocycles. The van der Waals surface area contributed by atoms with Crippen LogP contribution in [0.5, 0.6) is 11.5 Å². The first kappa shape index (κ1) is 22.2. The van der Waals surface area contributed by atoms with Crippen molar-refractivity contribution >= 4 is 11.9 Å². The highest BCUT2D eigenvalue weighted by molar-refractivity contribution is 5.84. The van der Waals surface area contributed by atoms with Gasteiger partial charge in [-0.25, -0.2) is 0 Å². The molecule has 3 aromatic carbocycles. The lowest BCUT2D eigenvalue weighted by atomic mass is 9.75. The molecular formula is C28H27NO5. The third-order valence-electron chi connectivity index (χ3n) is 7.41. The number of hydrogen-bond acceptors (Lipinski definition) is 4. The van der Waals surface area contributed by atoms with E-state index in [2.05, 4.69) is 0 Å². The van der Waals surface area contributed by atoms with Gasteiger partial charge >= 0.3 is 11.9 Å². The smallest absolute Gasteiger partial charge is 0.324 e. The molecule has 0 saturated heterocycles. The van der Waals surface area contributed by atoms with Gasteiger partial charge in [0.25, 0.3) is 0 Å². The van der Waals surface area contributed by atoms with E-state index in [4.69, 9.17) is 10.5 Å². The van der Waals surface area contributed by atoms with Gasteiger partial charge in [-0.1, -0.05) is 66.7 Å². The first-order chi connectivity index (χ1) is 16.4. The molecule has 2 aliphatic rings. The molecule has 1 aliphatic carbocycles. The van der Waals surface area contributed by atoms with E-state index in [1.54, 1.807) is 0 Å². The molecule has 4 atom stereocenters. The summed E-state index contributed by atoms with van der Waals surface area (Å²) >= 11 is 0. The quantitative estimate of drug-likeness (QED) is 0.453. The number of fused-ring (bicyclic) bond motifs is 2. The van der Waals surface area contributed by atoms with Gasteiger partial charge in [0.2, 0.25) is 0 Å². The van der Waals surface area contributed by atoms with Crippen molar-refractivity contribution in [1.82, 2.24) is 0 Å². The van der Waals surface area contributed by atoms with Crippen LogP contribution in [0.1, 0.15) is 35.4 Å². The number of para-hydroxylation sites is 2. The minimum absolute atomic E-state index is 0.0933. The monoisotopic (exact) mass is 457 g/mol. The molecule has 6 nitrogen and oxygen atoms in total. The van der Waals surface area contributed by atoms with Crippen molar-refractivity contribution in [3.8, 4) is 11.5 Å². The van der Waals surface area contributed by atoms with Gasteiger partial charge in [0, 0.05) is 23.0 Å². The molecule has 5 rings (SSSR count). The molecule has 4 N–H and O–H groups in total. The zero-order chi connectivity index (χ0) is 23.9. The lowest BCUT2D eigenvalue weighted by Crippen LogP contribution is -2.52. The summed E-state index contributed by atoms with van der Waals surface area (Å²) in [5, 5.41) is 20.2. The Kier molecular flexibility index (Phi) is 5.62. The normalized spacial score (nSPS) is 22.6. The second-order valence-corrected chi connectivity index (χ2v) is 9.36. The Labute approximate surface area is 198 Å². The highest BCUT2D eigenvalue weighted by Crippen LogP contribution is 2.58. The van der Waals surface area contributed by atoms with Crippen LogP contribution in [0.25, 0.3) is 0 Å². The highest BCUT2D eigenvalue weighted by atomic mass is 16.5. The SMILES string of the molecule is N[C@](CC1c2ccccc2Oc2ccccc21)(C(=O)O)C1[C@@H](C(=O)O)[C@H]1CCc1ccccc1.